The number of anilines is 1. The molecular weight excluding hydrogens is 458 g/mol. The lowest BCUT2D eigenvalue weighted by atomic mass is 10.1. The van der Waals surface area contributed by atoms with Crippen LogP contribution in [0.15, 0.2) is 121 Å². The second-order valence-electron chi connectivity index (χ2n) is 8.87. The molecule has 1 N–H and O–H groups in total. The van der Waals surface area contributed by atoms with Gasteiger partial charge in [0.15, 0.2) is 0 Å². The average Bonchev–Trinajstić information content (AvgIpc) is 2.96. The van der Waals surface area contributed by atoms with Crippen LogP contribution in [0.4, 0.5) is 10.5 Å². The minimum absolute atomic E-state index is 0.142. The van der Waals surface area contributed by atoms with Crippen molar-refractivity contribution in [1.29, 1.82) is 0 Å². The number of fused-ring (bicyclic) bond motifs is 1. The lowest BCUT2D eigenvalue weighted by molar-refractivity contribution is 0.209. The van der Waals surface area contributed by atoms with Gasteiger partial charge in [0.1, 0.15) is 12.4 Å². The monoisotopic (exact) mass is 487 g/mol. The molecule has 0 spiro atoms. The molecule has 0 saturated carbocycles. The molecule has 0 aliphatic heterocycles. The molecule has 0 fully saturated rings. The van der Waals surface area contributed by atoms with Gasteiger partial charge in [-0.15, -0.1) is 0 Å². The molecule has 4 aromatic carbocycles. The quantitative estimate of drug-likeness (QED) is 0.241. The van der Waals surface area contributed by atoms with Gasteiger partial charge in [-0.1, -0.05) is 84.9 Å². The van der Waals surface area contributed by atoms with Crippen molar-refractivity contribution in [2.75, 3.05) is 11.9 Å². The van der Waals surface area contributed by atoms with Gasteiger partial charge in [-0.2, -0.15) is 0 Å². The summed E-state index contributed by atoms with van der Waals surface area (Å²) in [5, 5.41) is 5.24. The van der Waals surface area contributed by atoms with Gasteiger partial charge >= 0.3 is 6.03 Å². The maximum Gasteiger partial charge on any atom is 0.322 e. The van der Waals surface area contributed by atoms with E-state index in [4.69, 9.17) is 4.74 Å². The summed E-state index contributed by atoms with van der Waals surface area (Å²) in [6, 6.07) is 37.7. The number of aromatic nitrogens is 1. The van der Waals surface area contributed by atoms with E-state index in [1.165, 1.54) is 0 Å². The number of carbonyl (C=O) groups is 1. The van der Waals surface area contributed by atoms with Crippen LogP contribution in [-0.2, 0) is 19.6 Å². The van der Waals surface area contributed by atoms with Crippen molar-refractivity contribution in [3.05, 3.63) is 138 Å². The van der Waals surface area contributed by atoms with E-state index in [0.29, 0.717) is 26.1 Å². The van der Waals surface area contributed by atoms with Crippen LogP contribution < -0.4 is 10.1 Å². The van der Waals surface area contributed by atoms with Crippen molar-refractivity contribution < 1.29 is 9.53 Å². The summed E-state index contributed by atoms with van der Waals surface area (Å²) in [6.07, 6.45) is 2.45. The van der Waals surface area contributed by atoms with E-state index in [9.17, 15) is 4.79 Å². The van der Waals surface area contributed by atoms with E-state index in [1.807, 2.05) is 120 Å². The molecular formula is C32H29N3O2. The highest BCUT2D eigenvalue weighted by Crippen LogP contribution is 2.24. The first-order valence-corrected chi connectivity index (χ1v) is 12.4. The summed E-state index contributed by atoms with van der Waals surface area (Å²) in [6.45, 7) is 1.53. The molecule has 0 saturated heterocycles. The minimum Gasteiger partial charge on any atom is -0.489 e. The maximum atomic E-state index is 13.5. The summed E-state index contributed by atoms with van der Waals surface area (Å²) >= 11 is 0. The molecule has 1 heterocycles. The highest BCUT2D eigenvalue weighted by molar-refractivity contribution is 6.01. The zero-order valence-electron chi connectivity index (χ0n) is 20.6. The molecule has 5 aromatic rings. The summed E-state index contributed by atoms with van der Waals surface area (Å²) < 4.78 is 5.92. The lowest BCUT2D eigenvalue weighted by Gasteiger charge is -2.24. The summed E-state index contributed by atoms with van der Waals surface area (Å²) in [7, 11) is 0. The number of urea groups is 1. The third-order valence-corrected chi connectivity index (χ3v) is 6.23. The number of hydrogen-bond acceptors (Lipinski definition) is 3. The van der Waals surface area contributed by atoms with Gasteiger partial charge in [-0.25, -0.2) is 4.79 Å². The molecule has 0 radical (unpaired) electrons. The zero-order chi connectivity index (χ0) is 25.3. The van der Waals surface area contributed by atoms with E-state index in [1.54, 1.807) is 6.20 Å². The van der Waals surface area contributed by atoms with Gasteiger partial charge in [0, 0.05) is 36.8 Å². The topological polar surface area (TPSA) is 54.5 Å². The van der Waals surface area contributed by atoms with Gasteiger partial charge < -0.3 is 15.0 Å². The van der Waals surface area contributed by atoms with E-state index in [-0.39, 0.29) is 6.03 Å². The van der Waals surface area contributed by atoms with Crippen LogP contribution in [0.25, 0.3) is 10.8 Å². The Kier molecular flexibility index (Phi) is 7.72. The predicted octanol–water partition coefficient (Wildman–Crippen LogP) is 7.09. The first-order valence-electron chi connectivity index (χ1n) is 12.4. The van der Waals surface area contributed by atoms with Crippen molar-refractivity contribution >= 4 is 22.5 Å². The highest BCUT2D eigenvalue weighted by Gasteiger charge is 2.16. The van der Waals surface area contributed by atoms with E-state index >= 15 is 0 Å². The van der Waals surface area contributed by atoms with Crippen molar-refractivity contribution in [3.8, 4) is 5.75 Å². The standard InChI is InChI=1S/C32H29N3O2/c36-32(34-31-15-8-12-27-11-4-5-14-30(27)31)35(22-20-28-13-6-7-21-33-28)23-25-16-18-29(19-17-25)37-24-26-9-2-1-3-10-26/h1-19,21H,20,22-24H2,(H,34,36). The van der Waals surface area contributed by atoms with E-state index in [2.05, 4.69) is 10.3 Å². The Labute approximate surface area is 217 Å². The Balaban J connectivity index is 1.29. The van der Waals surface area contributed by atoms with Crippen LogP contribution in [0.5, 0.6) is 5.75 Å². The summed E-state index contributed by atoms with van der Waals surface area (Å²) in [4.78, 5) is 19.7. The Hall–Kier alpha value is -4.64. The van der Waals surface area contributed by atoms with Gasteiger partial charge in [0.25, 0.3) is 0 Å². The fraction of sp³-hybridized carbons (Fsp3) is 0.125. The van der Waals surface area contributed by atoms with Crippen LogP contribution in [0.3, 0.4) is 0 Å². The maximum absolute atomic E-state index is 13.5. The molecule has 0 aliphatic carbocycles. The largest absolute Gasteiger partial charge is 0.489 e. The van der Waals surface area contributed by atoms with Crippen molar-refractivity contribution in [2.24, 2.45) is 0 Å². The van der Waals surface area contributed by atoms with E-state index < -0.39 is 0 Å². The number of benzene rings is 4. The first-order chi connectivity index (χ1) is 18.2. The second kappa shape index (κ2) is 11.9. The van der Waals surface area contributed by atoms with Crippen LogP contribution in [0.1, 0.15) is 16.8 Å². The van der Waals surface area contributed by atoms with E-state index in [0.717, 1.165) is 39.0 Å². The predicted molar refractivity (Wildman–Crippen MR) is 149 cm³/mol. The van der Waals surface area contributed by atoms with Crippen LogP contribution in [0.2, 0.25) is 0 Å². The fourth-order valence-corrected chi connectivity index (χ4v) is 4.23. The first kappa shape index (κ1) is 24.1. The molecule has 5 rings (SSSR count). The SMILES string of the molecule is O=C(Nc1cccc2ccccc12)N(CCc1ccccn1)Cc1ccc(OCc2ccccc2)cc1. The van der Waals surface area contributed by atoms with Gasteiger partial charge in [0.05, 0.1) is 5.69 Å². The fourth-order valence-electron chi connectivity index (χ4n) is 4.23. The van der Waals surface area contributed by atoms with Crippen molar-refractivity contribution in [2.45, 2.75) is 19.6 Å². The average molecular weight is 488 g/mol. The lowest BCUT2D eigenvalue weighted by Crippen LogP contribution is -2.36. The molecule has 1 aromatic heterocycles. The van der Waals surface area contributed by atoms with Crippen molar-refractivity contribution in [3.63, 3.8) is 0 Å². The molecule has 0 bridgehead atoms. The molecule has 2 amide bonds. The number of rotatable bonds is 9. The highest BCUT2D eigenvalue weighted by atomic mass is 16.5. The molecule has 0 aliphatic rings. The Morgan fingerprint density at radius 3 is 2.32 bits per heavy atom. The normalized spacial score (nSPS) is 10.7. The number of nitrogens with one attached hydrogen (secondary N) is 1. The molecule has 5 heteroatoms. The third kappa shape index (κ3) is 6.53. The molecule has 184 valence electrons. The minimum atomic E-state index is -0.142. The molecule has 5 nitrogen and oxygen atoms in total. The van der Waals surface area contributed by atoms with Gasteiger partial charge in [-0.3, -0.25) is 4.98 Å². The number of hydrogen-bond donors (Lipinski definition) is 1. The van der Waals surface area contributed by atoms with Crippen LogP contribution in [0, 0.1) is 0 Å². The van der Waals surface area contributed by atoms with Gasteiger partial charge in [-0.05, 0) is 46.8 Å². The van der Waals surface area contributed by atoms with Crippen molar-refractivity contribution in [1.82, 2.24) is 9.88 Å². The Morgan fingerprint density at radius 2 is 1.51 bits per heavy atom. The Morgan fingerprint density at radius 1 is 0.757 bits per heavy atom. The number of amides is 2. The number of pyridine rings is 1. The molecule has 0 unspecified atom stereocenters. The summed E-state index contributed by atoms with van der Waals surface area (Å²) in [5.74, 6) is 0.799. The van der Waals surface area contributed by atoms with Gasteiger partial charge in [0.2, 0.25) is 0 Å². The number of ether oxygens (including phenoxy) is 1. The molecule has 37 heavy (non-hydrogen) atoms. The number of carbonyl (C=O) groups excluding carboxylic acids is 1. The summed E-state index contributed by atoms with van der Waals surface area (Å²) in [5.41, 5.74) is 3.91. The van der Waals surface area contributed by atoms with Crippen LogP contribution in [-0.4, -0.2) is 22.5 Å². The van der Waals surface area contributed by atoms with Crippen LogP contribution >= 0.6 is 0 Å². The smallest absolute Gasteiger partial charge is 0.322 e. The number of nitrogens with zero attached hydrogens (tertiary/aromatic N) is 2. The zero-order valence-corrected chi connectivity index (χ0v) is 20.6. The second-order valence-corrected chi connectivity index (χ2v) is 8.87. The third-order valence-electron chi connectivity index (χ3n) is 6.23. The Bertz CT molecular complexity index is 1430. The molecule has 0 atom stereocenters.